The average molecular weight is 422 g/mol. The number of carboxylic acids is 1. The lowest BCUT2D eigenvalue weighted by molar-refractivity contribution is -0.137. The van der Waals surface area contributed by atoms with Crippen LogP contribution in [0.5, 0.6) is 11.5 Å². The normalized spacial score (nSPS) is 11.3. The van der Waals surface area contributed by atoms with E-state index in [1.807, 2.05) is 0 Å². The van der Waals surface area contributed by atoms with Gasteiger partial charge in [-0.25, -0.2) is 13.1 Å². The summed E-state index contributed by atoms with van der Waals surface area (Å²) in [5.74, 6) is 0.443. The third-order valence-corrected chi connectivity index (χ3v) is 5.48. The molecule has 1 rings (SSSR count). The summed E-state index contributed by atoms with van der Waals surface area (Å²) in [5.41, 5.74) is 0. The molecule has 0 unspecified atom stereocenters. The van der Waals surface area contributed by atoms with E-state index in [9.17, 15) is 13.2 Å². The number of sulfonamides is 1. The molecule has 0 heterocycles. The molecule has 0 aromatic heterocycles. The zero-order valence-corrected chi connectivity index (χ0v) is 17.2. The van der Waals surface area contributed by atoms with Crippen LogP contribution < -0.4 is 14.2 Å². The number of unbranched alkanes of at least 4 members (excludes halogenated alkanes) is 4. The molecule has 0 aliphatic heterocycles. The fourth-order valence-corrected chi connectivity index (χ4v) is 3.78. The minimum absolute atomic E-state index is 0.0498. The molecular formula is C18H28ClNO6S. The highest BCUT2D eigenvalue weighted by Crippen LogP contribution is 2.25. The number of hydrogen-bond acceptors (Lipinski definition) is 5. The van der Waals surface area contributed by atoms with Crippen LogP contribution in [0, 0.1) is 0 Å². The molecule has 0 aliphatic carbocycles. The molecule has 27 heavy (non-hydrogen) atoms. The Hall–Kier alpha value is -1.51. The number of carbonyl (C=O) groups is 1. The van der Waals surface area contributed by atoms with Gasteiger partial charge in [-0.05, 0) is 37.8 Å². The Morgan fingerprint density at radius 2 is 1.78 bits per heavy atom. The van der Waals surface area contributed by atoms with Gasteiger partial charge in [0.2, 0.25) is 10.0 Å². The van der Waals surface area contributed by atoms with Crippen LogP contribution in [-0.4, -0.2) is 45.5 Å². The third-order valence-electron chi connectivity index (χ3n) is 3.80. The number of carboxylic acid groups (broad SMARTS) is 1. The van der Waals surface area contributed by atoms with Crippen LogP contribution in [-0.2, 0) is 14.8 Å². The molecule has 1 aromatic carbocycles. The Morgan fingerprint density at radius 3 is 2.48 bits per heavy atom. The van der Waals surface area contributed by atoms with Crippen LogP contribution in [0.25, 0.3) is 0 Å². The average Bonchev–Trinajstić information content (AvgIpc) is 2.59. The minimum atomic E-state index is -3.29. The number of ether oxygens (including phenoxy) is 2. The second kappa shape index (κ2) is 12.8. The van der Waals surface area contributed by atoms with E-state index in [0.717, 1.165) is 12.8 Å². The van der Waals surface area contributed by atoms with Crippen molar-refractivity contribution in [1.29, 1.82) is 0 Å². The second-order valence-electron chi connectivity index (χ2n) is 6.15. The minimum Gasteiger partial charge on any atom is -0.497 e. The molecule has 0 saturated heterocycles. The molecule has 7 nitrogen and oxygen atoms in total. The summed E-state index contributed by atoms with van der Waals surface area (Å²) in [6.45, 7) is 0.775. The van der Waals surface area contributed by atoms with Gasteiger partial charge in [-0.3, -0.25) is 4.79 Å². The number of aliphatic carboxylic acids is 1. The molecule has 1 aromatic rings. The van der Waals surface area contributed by atoms with Gasteiger partial charge in [0.05, 0.1) is 19.5 Å². The molecule has 0 saturated carbocycles. The molecule has 0 aliphatic rings. The molecule has 0 fully saturated rings. The van der Waals surface area contributed by atoms with Crippen LogP contribution in [0.3, 0.4) is 0 Å². The lowest BCUT2D eigenvalue weighted by Crippen LogP contribution is -2.27. The first-order valence-corrected chi connectivity index (χ1v) is 11.0. The van der Waals surface area contributed by atoms with Gasteiger partial charge in [0, 0.05) is 24.1 Å². The Bertz CT molecular complexity index is 680. The predicted octanol–water partition coefficient (Wildman–Crippen LogP) is 3.46. The summed E-state index contributed by atoms with van der Waals surface area (Å²) in [4.78, 5) is 10.4. The van der Waals surface area contributed by atoms with Crippen LogP contribution in [0.4, 0.5) is 0 Å². The summed E-state index contributed by atoms with van der Waals surface area (Å²) in [6, 6.07) is 5.08. The molecule has 0 radical (unpaired) electrons. The second-order valence-corrected chi connectivity index (χ2v) is 8.52. The number of nitrogens with one attached hydrogen (secondary N) is 1. The third kappa shape index (κ3) is 11.7. The van der Waals surface area contributed by atoms with E-state index < -0.39 is 16.0 Å². The van der Waals surface area contributed by atoms with E-state index in [1.165, 1.54) is 0 Å². The SMILES string of the molecule is COc1cc(Cl)cc(OCCCCS(=O)(=O)NCCCCCCC(=O)O)c1. The largest absolute Gasteiger partial charge is 0.497 e. The quantitative estimate of drug-likeness (QED) is 0.420. The smallest absolute Gasteiger partial charge is 0.303 e. The molecule has 9 heteroatoms. The maximum Gasteiger partial charge on any atom is 0.303 e. The molecule has 0 amide bonds. The van der Waals surface area contributed by atoms with E-state index in [2.05, 4.69) is 4.72 Å². The summed E-state index contributed by atoms with van der Waals surface area (Å²) in [5, 5.41) is 9.04. The van der Waals surface area contributed by atoms with Crippen molar-refractivity contribution in [2.24, 2.45) is 0 Å². The van der Waals surface area contributed by atoms with Gasteiger partial charge in [0.1, 0.15) is 11.5 Å². The van der Waals surface area contributed by atoms with E-state index in [4.69, 9.17) is 26.2 Å². The first-order valence-electron chi connectivity index (χ1n) is 8.99. The number of rotatable bonds is 15. The van der Waals surface area contributed by atoms with E-state index in [-0.39, 0.29) is 12.2 Å². The Morgan fingerprint density at radius 1 is 1.07 bits per heavy atom. The van der Waals surface area contributed by atoms with Gasteiger partial charge in [0.25, 0.3) is 0 Å². The highest BCUT2D eigenvalue weighted by Gasteiger charge is 2.09. The van der Waals surface area contributed by atoms with Gasteiger partial charge in [-0.15, -0.1) is 0 Å². The first-order chi connectivity index (χ1) is 12.8. The zero-order chi connectivity index (χ0) is 20.1. The topological polar surface area (TPSA) is 102 Å². The predicted molar refractivity (Wildman–Crippen MR) is 105 cm³/mol. The van der Waals surface area contributed by atoms with Crippen molar-refractivity contribution < 1.29 is 27.8 Å². The van der Waals surface area contributed by atoms with Crippen molar-refractivity contribution >= 4 is 27.6 Å². The monoisotopic (exact) mass is 421 g/mol. The van der Waals surface area contributed by atoms with E-state index in [1.54, 1.807) is 25.3 Å². The van der Waals surface area contributed by atoms with Crippen LogP contribution in [0.1, 0.15) is 44.9 Å². The Balaban J connectivity index is 2.12. The molecular weight excluding hydrogens is 394 g/mol. The zero-order valence-electron chi connectivity index (χ0n) is 15.6. The highest BCUT2D eigenvalue weighted by atomic mass is 35.5. The van der Waals surface area contributed by atoms with Crippen LogP contribution in [0.2, 0.25) is 5.02 Å². The standard InChI is InChI=1S/C18H28ClNO6S/c1-25-16-12-15(19)13-17(14-16)26-10-6-7-11-27(23,24)20-9-5-3-2-4-8-18(21)22/h12-14,20H,2-11H2,1H3,(H,21,22). The highest BCUT2D eigenvalue weighted by molar-refractivity contribution is 7.89. The van der Waals surface area contributed by atoms with Gasteiger partial charge in [-0.1, -0.05) is 24.4 Å². The maximum atomic E-state index is 11.9. The van der Waals surface area contributed by atoms with Gasteiger partial charge in [-0.2, -0.15) is 0 Å². The van der Waals surface area contributed by atoms with Crippen molar-refractivity contribution in [3.63, 3.8) is 0 Å². The lowest BCUT2D eigenvalue weighted by atomic mass is 10.1. The van der Waals surface area contributed by atoms with Crippen LogP contribution in [0.15, 0.2) is 18.2 Å². The number of halogens is 1. The van der Waals surface area contributed by atoms with Crippen molar-refractivity contribution in [2.45, 2.75) is 44.9 Å². The molecule has 2 N–H and O–H groups in total. The molecule has 154 valence electrons. The van der Waals surface area contributed by atoms with E-state index >= 15 is 0 Å². The Kier molecular flexibility index (Phi) is 11.2. The van der Waals surface area contributed by atoms with Gasteiger partial charge in [0.15, 0.2) is 0 Å². The van der Waals surface area contributed by atoms with Crippen LogP contribution >= 0.6 is 11.6 Å². The number of benzene rings is 1. The Labute approximate surface area is 166 Å². The lowest BCUT2D eigenvalue weighted by Gasteiger charge is -2.09. The van der Waals surface area contributed by atoms with Gasteiger partial charge < -0.3 is 14.6 Å². The van der Waals surface area contributed by atoms with Gasteiger partial charge >= 0.3 is 5.97 Å². The van der Waals surface area contributed by atoms with Crippen molar-refractivity contribution in [2.75, 3.05) is 26.0 Å². The van der Waals surface area contributed by atoms with Crippen molar-refractivity contribution in [3.8, 4) is 11.5 Å². The van der Waals surface area contributed by atoms with Crippen molar-refractivity contribution in [3.05, 3.63) is 23.2 Å². The molecule has 0 bridgehead atoms. The molecule has 0 atom stereocenters. The van der Waals surface area contributed by atoms with Crippen molar-refractivity contribution in [1.82, 2.24) is 4.72 Å². The maximum absolute atomic E-state index is 11.9. The first kappa shape index (κ1) is 23.5. The number of methoxy groups -OCH3 is 1. The molecule has 0 spiro atoms. The summed E-state index contributed by atoms with van der Waals surface area (Å²) >= 11 is 5.96. The summed E-state index contributed by atoms with van der Waals surface area (Å²) in [7, 11) is -1.75. The summed E-state index contributed by atoms with van der Waals surface area (Å²) in [6.07, 6.45) is 4.19. The van der Waals surface area contributed by atoms with E-state index in [0.29, 0.717) is 55.4 Å². The fourth-order valence-electron chi connectivity index (χ4n) is 2.38. The fraction of sp³-hybridized carbons (Fsp3) is 0.611. The number of hydrogen-bond donors (Lipinski definition) is 2. The summed E-state index contributed by atoms with van der Waals surface area (Å²) < 4.78 is 37.1.